The van der Waals surface area contributed by atoms with Crippen LogP contribution in [0.2, 0.25) is 5.02 Å². The van der Waals surface area contributed by atoms with Gasteiger partial charge in [0.25, 0.3) is 0 Å². The van der Waals surface area contributed by atoms with E-state index in [4.69, 9.17) is 16.7 Å². The van der Waals surface area contributed by atoms with E-state index in [1.807, 2.05) is 0 Å². The third-order valence-electron chi connectivity index (χ3n) is 4.59. The normalized spacial score (nSPS) is 16.2. The molecule has 0 aliphatic heterocycles. The number of carbonyl (C=O) groups excluding carboxylic acids is 1. The third kappa shape index (κ3) is 3.26. The monoisotopic (exact) mass is 362 g/mol. The Morgan fingerprint density at radius 2 is 2.00 bits per heavy atom. The van der Waals surface area contributed by atoms with Crippen molar-refractivity contribution in [3.05, 3.63) is 55.7 Å². The van der Waals surface area contributed by atoms with E-state index in [0.29, 0.717) is 17.0 Å². The number of thiophene rings is 1. The molecule has 3 rings (SSSR count). The SMILES string of the molecule is CCc1sc2c(c1C(=O)c1ccc(Cl)cc1)CCC2CCC(=O)O. The Bertz CT molecular complexity index is 777. The fraction of sp³-hybridized carbons (Fsp3) is 0.368. The van der Waals surface area contributed by atoms with E-state index in [1.165, 1.54) is 4.88 Å². The van der Waals surface area contributed by atoms with Gasteiger partial charge in [0.2, 0.25) is 0 Å². The minimum Gasteiger partial charge on any atom is -0.481 e. The smallest absolute Gasteiger partial charge is 0.303 e. The molecule has 126 valence electrons. The molecule has 0 saturated carbocycles. The Morgan fingerprint density at radius 1 is 1.29 bits per heavy atom. The zero-order valence-electron chi connectivity index (χ0n) is 13.5. The molecule has 1 heterocycles. The number of hydrogen-bond acceptors (Lipinski definition) is 3. The van der Waals surface area contributed by atoms with Gasteiger partial charge in [-0.05, 0) is 61.4 Å². The van der Waals surface area contributed by atoms with Crippen LogP contribution < -0.4 is 0 Å². The molecule has 1 aliphatic carbocycles. The van der Waals surface area contributed by atoms with Crippen LogP contribution in [0.25, 0.3) is 0 Å². The molecule has 1 atom stereocenters. The Labute approximate surface area is 150 Å². The zero-order valence-corrected chi connectivity index (χ0v) is 15.0. The third-order valence-corrected chi connectivity index (χ3v) is 6.38. The number of carbonyl (C=O) groups is 2. The average molecular weight is 363 g/mol. The van der Waals surface area contributed by atoms with Crippen molar-refractivity contribution in [1.29, 1.82) is 0 Å². The van der Waals surface area contributed by atoms with Gasteiger partial charge in [-0.25, -0.2) is 0 Å². The second kappa shape index (κ2) is 7.08. The first-order chi connectivity index (χ1) is 11.5. The summed E-state index contributed by atoms with van der Waals surface area (Å²) < 4.78 is 0. The largest absolute Gasteiger partial charge is 0.481 e. The highest BCUT2D eigenvalue weighted by Gasteiger charge is 2.32. The van der Waals surface area contributed by atoms with Crippen molar-refractivity contribution in [1.82, 2.24) is 0 Å². The maximum atomic E-state index is 13.0. The van der Waals surface area contributed by atoms with Crippen molar-refractivity contribution in [2.45, 2.75) is 44.9 Å². The lowest BCUT2D eigenvalue weighted by Crippen LogP contribution is -2.05. The zero-order chi connectivity index (χ0) is 17.3. The fourth-order valence-electron chi connectivity index (χ4n) is 3.40. The van der Waals surface area contributed by atoms with E-state index in [2.05, 4.69) is 6.92 Å². The van der Waals surface area contributed by atoms with E-state index in [-0.39, 0.29) is 18.1 Å². The van der Waals surface area contributed by atoms with Crippen molar-refractivity contribution in [3.8, 4) is 0 Å². The quantitative estimate of drug-likeness (QED) is 0.728. The summed E-state index contributed by atoms with van der Waals surface area (Å²) in [4.78, 5) is 26.2. The van der Waals surface area contributed by atoms with E-state index >= 15 is 0 Å². The van der Waals surface area contributed by atoms with Gasteiger partial charge in [0.15, 0.2) is 5.78 Å². The van der Waals surface area contributed by atoms with Crippen LogP contribution in [0.3, 0.4) is 0 Å². The summed E-state index contributed by atoms with van der Waals surface area (Å²) in [6.07, 6.45) is 3.46. The minimum absolute atomic E-state index is 0.0555. The molecular formula is C19H19ClO3S. The van der Waals surface area contributed by atoms with Gasteiger partial charge in [0, 0.05) is 32.3 Å². The van der Waals surface area contributed by atoms with Crippen LogP contribution in [-0.2, 0) is 17.6 Å². The standard InChI is InChI=1S/C19H19ClO3S/c1-2-15-17(18(23)11-3-7-13(20)8-4-11)14-9-5-12(19(14)24-15)6-10-16(21)22/h3-4,7-8,12H,2,5-6,9-10H2,1H3,(H,21,22). The Balaban J connectivity index is 1.94. The van der Waals surface area contributed by atoms with Crippen molar-refractivity contribution < 1.29 is 14.7 Å². The number of ketones is 1. The second-order valence-electron chi connectivity index (χ2n) is 6.10. The molecular weight excluding hydrogens is 344 g/mol. The van der Waals surface area contributed by atoms with Crippen molar-refractivity contribution in [2.24, 2.45) is 0 Å². The van der Waals surface area contributed by atoms with Gasteiger partial charge in [0.1, 0.15) is 0 Å². The summed E-state index contributed by atoms with van der Waals surface area (Å²) in [5, 5.41) is 9.54. The lowest BCUT2D eigenvalue weighted by atomic mass is 9.97. The summed E-state index contributed by atoms with van der Waals surface area (Å²) in [5.74, 6) is -0.425. The highest BCUT2D eigenvalue weighted by molar-refractivity contribution is 7.12. The molecule has 0 radical (unpaired) electrons. The molecule has 1 unspecified atom stereocenters. The van der Waals surface area contributed by atoms with E-state index < -0.39 is 5.97 Å². The lowest BCUT2D eigenvalue weighted by molar-refractivity contribution is -0.137. The second-order valence-corrected chi connectivity index (χ2v) is 7.67. The van der Waals surface area contributed by atoms with Gasteiger partial charge >= 0.3 is 5.97 Å². The number of halogens is 1. The molecule has 0 spiro atoms. The van der Waals surface area contributed by atoms with E-state index in [1.54, 1.807) is 35.6 Å². The summed E-state index contributed by atoms with van der Waals surface area (Å²) in [6, 6.07) is 7.02. The topological polar surface area (TPSA) is 54.4 Å². The summed E-state index contributed by atoms with van der Waals surface area (Å²) >= 11 is 7.61. The molecule has 0 amide bonds. The first-order valence-corrected chi connectivity index (χ1v) is 9.37. The van der Waals surface area contributed by atoms with Crippen molar-refractivity contribution >= 4 is 34.7 Å². The highest BCUT2D eigenvalue weighted by Crippen LogP contribution is 2.45. The summed E-state index contributed by atoms with van der Waals surface area (Å²) in [5.41, 5.74) is 2.65. The molecule has 1 N–H and O–H groups in total. The fourth-order valence-corrected chi connectivity index (χ4v) is 4.98. The summed E-state index contributed by atoms with van der Waals surface area (Å²) in [7, 11) is 0. The Kier molecular flexibility index (Phi) is 5.07. The number of carboxylic acids is 1. The van der Waals surface area contributed by atoms with Gasteiger partial charge in [0.05, 0.1) is 0 Å². The predicted octanol–water partition coefficient (Wildman–Crippen LogP) is 5.09. The molecule has 1 aromatic heterocycles. The maximum Gasteiger partial charge on any atom is 0.303 e. The summed E-state index contributed by atoms with van der Waals surface area (Å²) in [6.45, 7) is 2.06. The molecule has 0 saturated heterocycles. The molecule has 0 fully saturated rings. The van der Waals surface area contributed by atoms with Crippen molar-refractivity contribution in [3.63, 3.8) is 0 Å². The molecule has 24 heavy (non-hydrogen) atoms. The molecule has 2 aromatic rings. The van der Waals surface area contributed by atoms with Crippen LogP contribution >= 0.6 is 22.9 Å². The van der Waals surface area contributed by atoms with Crippen LogP contribution in [0.4, 0.5) is 0 Å². The number of aliphatic carboxylic acids is 1. The average Bonchev–Trinajstić information content (AvgIpc) is 3.11. The Morgan fingerprint density at radius 3 is 2.62 bits per heavy atom. The first kappa shape index (κ1) is 17.2. The number of hydrogen-bond donors (Lipinski definition) is 1. The van der Waals surface area contributed by atoms with Crippen LogP contribution in [0.5, 0.6) is 0 Å². The van der Waals surface area contributed by atoms with E-state index in [0.717, 1.165) is 35.3 Å². The van der Waals surface area contributed by atoms with Gasteiger partial charge in [-0.1, -0.05) is 18.5 Å². The minimum atomic E-state index is -0.756. The van der Waals surface area contributed by atoms with Crippen LogP contribution in [-0.4, -0.2) is 16.9 Å². The lowest BCUT2D eigenvalue weighted by Gasteiger charge is -2.07. The molecule has 1 aliphatic rings. The molecule has 3 nitrogen and oxygen atoms in total. The number of benzene rings is 1. The number of carboxylic acid groups (broad SMARTS) is 1. The van der Waals surface area contributed by atoms with Gasteiger partial charge in [-0.2, -0.15) is 0 Å². The molecule has 5 heteroatoms. The number of aryl methyl sites for hydroxylation is 1. The van der Waals surface area contributed by atoms with E-state index in [9.17, 15) is 9.59 Å². The van der Waals surface area contributed by atoms with Crippen LogP contribution in [0.1, 0.15) is 63.3 Å². The highest BCUT2D eigenvalue weighted by atomic mass is 35.5. The molecule has 0 bridgehead atoms. The predicted molar refractivity (Wildman–Crippen MR) is 96.5 cm³/mol. The Hall–Kier alpha value is -1.65. The molecule has 1 aromatic carbocycles. The maximum absolute atomic E-state index is 13.0. The van der Waals surface area contributed by atoms with Gasteiger partial charge in [-0.3, -0.25) is 9.59 Å². The van der Waals surface area contributed by atoms with Crippen LogP contribution in [0, 0.1) is 0 Å². The number of fused-ring (bicyclic) bond motifs is 1. The van der Waals surface area contributed by atoms with Crippen LogP contribution in [0.15, 0.2) is 24.3 Å². The first-order valence-electron chi connectivity index (χ1n) is 8.17. The number of rotatable bonds is 6. The van der Waals surface area contributed by atoms with Gasteiger partial charge < -0.3 is 5.11 Å². The van der Waals surface area contributed by atoms with Gasteiger partial charge in [-0.15, -0.1) is 11.3 Å². The van der Waals surface area contributed by atoms with Crippen molar-refractivity contribution in [2.75, 3.05) is 0 Å².